The molecular formula is C25H35N3. The smallest absolute Gasteiger partial charge is 0.143 e. The number of benzene rings is 1. The van der Waals surface area contributed by atoms with Gasteiger partial charge in [-0.3, -0.25) is 4.98 Å². The van der Waals surface area contributed by atoms with E-state index >= 15 is 0 Å². The van der Waals surface area contributed by atoms with Crippen LogP contribution in [0.25, 0.3) is 22.4 Å². The Hall–Kier alpha value is -2.16. The highest BCUT2D eigenvalue weighted by Crippen LogP contribution is 2.39. The van der Waals surface area contributed by atoms with Gasteiger partial charge >= 0.3 is 0 Å². The van der Waals surface area contributed by atoms with E-state index in [1.165, 1.54) is 27.8 Å². The van der Waals surface area contributed by atoms with Gasteiger partial charge in [-0.25, -0.2) is 4.98 Å². The summed E-state index contributed by atoms with van der Waals surface area (Å²) in [7, 11) is 2.12. The predicted octanol–water partition coefficient (Wildman–Crippen LogP) is 6.55. The van der Waals surface area contributed by atoms with Gasteiger partial charge < -0.3 is 4.57 Å². The molecule has 0 atom stereocenters. The minimum absolute atomic E-state index is 0.0163. The van der Waals surface area contributed by atoms with Gasteiger partial charge in [0.15, 0.2) is 0 Å². The van der Waals surface area contributed by atoms with E-state index in [2.05, 4.69) is 92.1 Å². The first kappa shape index (κ1) is 20.6. The van der Waals surface area contributed by atoms with E-state index in [4.69, 9.17) is 9.97 Å². The van der Waals surface area contributed by atoms with E-state index in [1.807, 2.05) is 0 Å². The molecule has 3 nitrogen and oxygen atoms in total. The van der Waals surface area contributed by atoms with Crippen LogP contribution in [-0.4, -0.2) is 14.5 Å². The maximum atomic E-state index is 5.07. The Morgan fingerprint density at radius 3 is 2.07 bits per heavy atom. The minimum Gasteiger partial charge on any atom is -0.327 e. The average Bonchev–Trinajstić information content (AvgIpc) is 2.89. The summed E-state index contributed by atoms with van der Waals surface area (Å²) in [6, 6.07) is 6.77. The molecule has 0 aliphatic carbocycles. The van der Waals surface area contributed by atoms with E-state index in [9.17, 15) is 0 Å². The summed E-state index contributed by atoms with van der Waals surface area (Å²) in [5.74, 6) is 1.02. The van der Waals surface area contributed by atoms with Crippen LogP contribution in [0.3, 0.4) is 0 Å². The van der Waals surface area contributed by atoms with E-state index < -0.39 is 0 Å². The van der Waals surface area contributed by atoms with Crippen molar-refractivity contribution in [2.24, 2.45) is 7.05 Å². The number of aryl methyl sites for hydroxylation is 4. The highest BCUT2D eigenvalue weighted by molar-refractivity contribution is 5.83. The Bertz CT molecular complexity index is 1050. The molecule has 0 radical (unpaired) electrons. The van der Waals surface area contributed by atoms with E-state index in [0.717, 1.165) is 29.1 Å². The summed E-state index contributed by atoms with van der Waals surface area (Å²) in [4.78, 5) is 10.1. The van der Waals surface area contributed by atoms with Crippen LogP contribution in [0.2, 0.25) is 0 Å². The Morgan fingerprint density at radius 2 is 1.50 bits per heavy atom. The van der Waals surface area contributed by atoms with Crippen molar-refractivity contribution < 1.29 is 0 Å². The molecule has 2 heterocycles. The Morgan fingerprint density at radius 1 is 0.893 bits per heavy atom. The van der Waals surface area contributed by atoms with Gasteiger partial charge in [0.2, 0.25) is 0 Å². The monoisotopic (exact) mass is 377 g/mol. The standard InChI is InChI=1S/C25H35N3/c1-11-25(8,9)18-14-21(24(5,6)7)26-17(4)22(18)23-27-19-12-15(2)16(3)13-20(19)28(23)10/h12-14H,11H2,1-10H3. The SMILES string of the molecule is CCC(C)(C)c1cc(C(C)(C)C)nc(C)c1-c1nc2cc(C)c(C)cc2n1C. The molecule has 3 aromatic rings. The first-order chi connectivity index (χ1) is 12.9. The number of hydrogen-bond acceptors (Lipinski definition) is 2. The van der Waals surface area contributed by atoms with Crippen molar-refractivity contribution in [2.45, 2.75) is 79.6 Å². The molecule has 0 N–H and O–H groups in total. The van der Waals surface area contributed by atoms with Crippen molar-refractivity contribution in [1.29, 1.82) is 0 Å². The van der Waals surface area contributed by atoms with Crippen molar-refractivity contribution in [3.63, 3.8) is 0 Å². The summed E-state index contributed by atoms with van der Waals surface area (Å²) in [6.07, 6.45) is 1.06. The third kappa shape index (κ3) is 3.36. The molecule has 0 saturated carbocycles. The van der Waals surface area contributed by atoms with Crippen LogP contribution < -0.4 is 0 Å². The van der Waals surface area contributed by atoms with Crippen LogP contribution in [0.15, 0.2) is 18.2 Å². The van der Waals surface area contributed by atoms with Gasteiger partial charge in [-0.05, 0) is 67.5 Å². The van der Waals surface area contributed by atoms with Gasteiger partial charge in [0, 0.05) is 29.4 Å². The predicted molar refractivity (Wildman–Crippen MR) is 120 cm³/mol. The second kappa shape index (κ2) is 6.72. The normalized spacial score (nSPS) is 12.8. The van der Waals surface area contributed by atoms with Crippen LogP contribution in [0.4, 0.5) is 0 Å². The molecule has 0 saturated heterocycles. The topological polar surface area (TPSA) is 30.7 Å². The van der Waals surface area contributed by atoms with Gasteiger partial charge in [-0.1, -0.05) is 41.5 Å². The first-order valence-corrected chi connectivity index (χ1v) is 10.3. The molecule has 3 rings (SSSR count). The number of hydrogen-bond donors (Lipinski definition) is 0. The largest absolute Gasteiger partial charge is 0.327 e. The number of nitrogens with zero attached hydrogens (tertiary/aromatic N) is 3. The van der Waals surface area contributed by atoms with Crippen molar-refractivity contribution in [3.8, 4) is 11.4 Å². The number of imidazole rings is 1. The quantitative estimate of drug-likeness (QED) is 0.518. The van der Waals surface area contributed by atoms with Gasteiger partial charge in [-0.2, -0.15) is 0 Å². The fraction of sp³-hybridized carbons (Fsp3) is 0.520. The van der Waals surface area contributed by atoms with E-state index in [0.29, 0.717) is 0 Å². The van der Waals surface area contributed by atoms with Crippen LogP contribution in [0, 0.1) is 20.8 Å². The highest BCUT2D eigenvalue weighted by atomic mass is 15.1. The van der Waals surface area contributed by atoms with Crippen LogP contribution in [0.5, 0.6) is 0 Å². The number of rotatable bonds is 3. The van der Waals surface area contributed by atoms with Crippen molar-refractivity contribution in [1.82, 2.24) is 14.5 Å². The minimum atomic E-state index is 0.0163. The number of pyridine rings is 1. The van der Waals surface area contributed by atoms with Gasteiger partial charge in [0.1, 0.15) is 5.82 Å². The molecule has 2 aromatic heterocycles. The highest BCUT2D eigenvalue weighted by Gasteiger charge is 2.29. The third-order valence-corrected chi connectivity index (χ3v) is 6.30. The third-order valence-electron chi connectivity index (χ3n) is 6.30. The second-order valence-electron chi connectivity index (χ2n) is 9.92. The Labute approximate surface area is 170 Å². The van der Waals surface area contributed by atoms with E-state index in [-0.39, 0.29) is 10.8 Å². The lowest BCUT2D eigenvalue weighted by atomic mass is 9.77. The van der Waals surface area contributed by atoms with Gasteiger partial charge in [0.25, 0.3) is 0 Å². The van der Waals surface area contributed by atoms with Crippen molar-refractivity contribution >= 4 is 11.0 Å². The van der Waals surface area contributed by atoms with Crippen LogP contribution in [0.1, 0.15) is 76.0 Å². The summed E-state index contributed by atoms with van der Waals surface area (Å²) in [5.41, 5.74) is 9.63. The fourth-order valence-corrected chi connectivity index (χ4v) is 3.73. The molecular weight excluding hydrogens is 342 g/mol. The fourth-order valence-electron chi connectivity index (χ4n) is 3.73. The molecule has 0 aliphatic heterocycles. The van der Waals surface area contributed by atoms with Gasteiger partial charge in [0.05, 0.1) is 11.0 Å². The van der Waals surface area contributed by atoms with Crippen LogP contribution >= 0.6 is 0 Å². The lowest BCUT2D eigenvalue weighted by Gasteiger charge is -2.30. The maximum Gasteiger partial charge on any atom is 0.143 e. The molecule has 150 valence electrons. The molecule has 28 heavy (non-hydrogen) atoms. The molecule has 0 amide bonds. The Balaban J connectivity index is 2.39. The second-order valence-corrected chi connectivity index (χ2v) is 9.92. The van der Waals surface area contributed by atoms with Crippen molar-refractivity contribution in [2.75, 3.05) is 0 Å². The lowest BCUT2D eigenvalue weighted by Crippen LogP contribution is -2.22. The molecule has 3 heteroatoms. The maximum absolute atomic E-state index is 5.07. The number of fused-ring (bicyclic) bond motifs is 1. The molecule has 0 fully saturated rings. The summed E-state index contributed by atoms with van der Waals surface area (Å²) >= 11 is 0. The summed E-state index contributed by atoms with van der Waals surface area (Å²) < 4.78 is 2.23. The molecule has 1 aromatic carbocycles. The average molecular weight is 378 g/mol. The molecule has 0 bridgehead atoms. The van der Waals surface area contributed by atoms with Crippen LogP contribution in [-0.2, 0) is 17.9 Å². The molecule has 0 unspecified atom stereocenters. The van der Waals surface area contributed by atoms with Crippen molar-refractivity contribution in [3.05, 3.63) is 46.3 Å². The summed E-state index contributed by atoms with van der Waals surface area (Å²) in [5, 5.41) is 0. The summed E-state index contributed by atoms with van der Waals surface area (Å²) in [6.45, 7) is 20.1. The molecule has 0 aliphatic rings. The zero-order chi connectivity index (χ0) is 21.0. The Kier molecular flexibility index (Phi) is 4.94. The van der Waals surface area contributed by atoms with Gasteiger partial charge in [-0.15, -0.1) is 0 Å². The zero-order valence-corrected chi connectivity index (χ0v) is 19.3. The molecule has 0 spiro atoms. The number of aromatic nitrogens is 3. The first-order valence-electron chi connectivity index (χ1n) is 10.3. The lowest BCUT2D eigenvalue weighted by molar-refractivity contribution is 0.499. The van der Waals surface area contributed by atoms with E-state index in [1.54, 1.807) is 0 Å². The zero-order valence-electron chi connectivity index (χ0n) is 19.3.